The maximum atomic E-state index is 3.01. The average Bonchev–Trinajstić information content (AvgIpc) is 2.03. The third-order valence-electron chi connectivity index (χ3n) is 1.31. The third-order valence-corrected chi connectivity index (χ3v) is 1.31. The van der Waals surface area contributed by atoms with Gasteiger partial charge in [0, 0.05) is 6.54 Å². The fourth-order valence-electron chi connectivity index (χ4n) is 0.786. The largest absolute Gasteiger partial charge is 0.261 e. The second-order valence-corrected chi connectivity index (χ2v) is 2.09. The van der Waals surface area contributed by atoms with Gasteiger partial charge in [0.25, 0.3) is 0 Å². The van der Waals surface area contributed by atoms with Gasteiger partial charge in [0.05, 0.1) is 0 Å². The minimum Gasteiger partial charge on any atom is -0.261 e. The maximum absolute atomic E-state index is 3.01. The summed E-state index contributed by atoms with van der Waals surface area (Å²) in [5, 5.41) is 0. The topological polar surface area (TPSA) is 24.1 Å². The zero-order chi connectivity index (χ0) is 7.23. The minimum atomic E-state index is 0. The number of hydrogen-bond acceptors (Lipinski definition) is 2. The van der Waals surface area contributed by atoms with Crippen molar-refractivity contribution in [3.8, 4) is 0 Å². The van der Waals surface area contributed by atoms with E-state index < -0.39 is 0 Å². The number of nitrogens with one attached hydrogen (secondary N) is 2. The normalized spacial score (nSPS) is 8.08. The van der Waals surface area contributed by atoms with Gasteiger partial charge in [-0.15, -0.1) is 24.8 Å². The van der Waals surface area contributed by atoms with E-state index in [2.05, 4.69) is 23.0 Å². The molecule has 70 valence electrons. The van der Waals surface area contributed by atoms with Crippen LogP contribution in [0.1, 0.15) is 5.56 Å². The smallest absolute Gasteiger partial charge is 0.0350 e. The van der Waals surface area contributed by atoms with Crippen LogP contribution in [0, 0.1) is 0 Å². The molecule has 2 N–H and O–H groups in total. The zero-order valence-electron chi connectivity index (χ0n) is 6.91. The first-order valence-corrected chi connectivity index (χ1v) is 3.37. The molecule has 0 bridgehead atoms. The number of hydrazine groups is 1. The molecule has 0 aliphatic heterocycles. The van der Waals surface area contributed by atoms with Gasteiger partial charge in [-0.1, -0.05) is 30.3 Å². The molecule has 4 heteroatoms. The molecule has 0 heterocycles. The quantitative estimate of drug-likeness (QED) is 0.741. The molecular formula is C8H14Cl2N2. The first-order valence-electron chi connectivity index (χ1n) is 3.37. The minimum absolute atomic E-state index is 0. The molecule has 12 heavy (non-hydrogen) atoms. The Morgan fingerprint density at radius 2 is 1.67 bits per heavy atom. The van der Waals surface area contributed by atoms with Crippen LogP contribution in [0.2, 0.25) is 0 Å². The van der Waals surface area contributed by atoms with Crippen LogP contribution in [0.3, 0.4) is 0 Å². The molecule has 0 unspecified atom stereocenters. The summed E-state index contributed by atoms with van der Waals surface area (Å²) in [5.74, 6) is 0. The van der Waals surface area contributed by atoms with Crippen LogP contribution in [-0.4, -0.2) is 7.05 Å². The molecule has 0 atom stereocenters. The van der Waals surface area contributed by atoms with Gasteiger partial charge in [-0.25, -0.2) is 0 Å². The Hall–Kier alpha value is -0.280. The van der Waals surface area contributed by atoms with Crippen molar-refractivity contribution in [3.63, 3.8) is 0 Å². The van der Waals surface area contributed by atoms with Crippen LogP contribution in [0.25, 0.3) is 0 Å². The number of halogens is 2. The first kappa shape index (κ1) is 14.3. The van der Waals surface area contributed by atoms with E-state index in [-0.39, 0.29) is 24.8 Å². The number of rotatable bonds is 3. The van der Waals surface area contributed by atoms with Crippen molar-refractivity contribution in [1.82, 2.24) is 10.9 Å². The maximum Gasteiger partial charge on any atom is 0.0350 e. The van der Waals surface area contributed by atoms with Crippen LogP contribution in [0.15, 0.2) is 30.3 Å². The summed E-state index contributed by atoms with van der Waals surface area (Å²) in [6.45, 7) is 0.872. The molecule has 1 aromatic rings. The summed E-state index contributed by atoms with van der Waals surface area (Å²) in [7, 11) is 1.86. The van der Waals surface area contributed by atoms with Crippen molar-refractivity contribution < 1.29 is 0 Å². The predicted octanol–water partition coefficient (Wildman–Crippen LogP) is 1.75. The van der Waals surface area contributed by atoms with Crippen molar-refractivity contribution in [1.29, 1.82) is 0 Å². The monoisotopic (exact) mass is 208 g/mol. The second-order valence-electron chi connectivity index (χ2n) is 2.09. The Kier molecular flexibility index (Phi) is 10.5. The summed E-state index contributed by atoms with van der Waals surface area (Å²) in [4.78, 5) is 0. The molecule has 1 rings (SSSR count). The van der Waals surface area contributed by atoms with Gasteiger partial charge in [-0.05, 0) is 12.6 Å². The van der Waals surface area contributed by atoms with Crippen LogP contribution in [0.4, 0.5) is 0 Å². The summed E-state index contributed by atoms with van der Waals surface area (Å²) < 4.78 is 0. The molecule has 0 spiro atoms. The van der Waals surface area contributed by atoms with Crippen molar-refractivity contribution >= 4 is 24.8 Å². The highest BCUT2D eigenvalue weighted by molar-refractivity contribution is 5.85. The lowest BCUT2D eigenvalue weighted by molar-refractivity contribution is 0.596. The van der Waals surface area contributed by atoms with Gasteiger partial charge in [0.15, 0.2) is 0 Å². The Labute approximate surface area is 85.5 Å². The molecule has 2 nitrogen and oxygen atoms in total. The summed E-state index contributed by atoms with van der Waals surface area (Å²) >= 11 is 0. The van der Waals surface area contributed by atoms with Gasteiger partial charge in [0.2, 0.25) is 0 Å². The number of benzene rings is 1. The van der Waals surface area contributed by atoms with Gasteiger partial charge in [-0.3, -0.25) is 10.9 Å². The molecule has 0 aliphatic carbocycles. The Balaban J connectivity index is 0. The Morgan fingerprint density at radius 1 is 1.08 bits per heavy atom. The van der Waals surface area contributed by atoms with Gasteiger partial charge >= 0.3 is 0 Å². The lowest BCUT2D eigenvalue weighted by Gasteiger charge is -2.00. The molecule has 0 radical (unpaired) electrons. The van der Waals surface area contributed by atoms with Gasteiger partial charge < -0.3 is 0 Å². The molecule has 0 saturated carbocycles. The highest BCUT2D eigenvalue weighted by Gasteiger charge is 1.85. The van der Waals surface area contributed by atoms with Crippen molar-refractivity contribution in [2.24, 2.45) is 0 Å². The average molecular weight is 209 g/mol. The van der Waals surface area contributed by atoms with Crippen LogP contribution >= 0.6 is 24.8 Å². The van der Waals surface area contributed by atoms with Crippen LogP contribution < -0.4 is 10.9 Å². The lowest BCUT2D eigenvalue weighted by Crippen LogP contribution is -2.26. The Morgan fingerprint density at radius 3 is 2.17 bits per heavy atom. The fourth-order valence-corrected chi connectivity index (χ4v) is 0.786. The van der Waals surface area contributed by atoms with Gasteiger partial charge in [-0.2, -0.15) is 0 Å². The highest BCUT2D eigenvalue weighted by atomic mass is 35.5. The van der Waals surface area contributed by atoms with Crippen molar-refractivity contribution in [3.05, 3.63) is 35.9 Å². The third kappa shape index (κ3) is 5.38. The SMILES string of the molecule is CNNCc1ccccc1.Cl.Cl. The van der Waals surface area contributed by atoms with E-state index in [0.29, 0.717) is 0 Å². The van der Waals surface area contributed by atoms with E-state index in [4.69, 9.17) is 0 Å². The van der Waals surface area contributed by atoms with Crippen LogP contribution in [-0.2, 0) is 6.54 Å². The van der Waals surface area contributed by atoms with E-state index in [1.807, 2.05) is 25.2 Å². The summed E-state index contributed by atoms with van der Waals surface area (Å²) in [6, 6.07) is 10.3. The second kappa shape index (κ2) is 8.81. The molecule has 0 saturated heterocycles. The molecular weight excluding hydrogens is 195 g/mol. The van der Waals surface area contributed by atoms with E-state index in [9.17, 15) is 0 Å². The number of hydrogen-bond donors (Lipinski definition) is 2. The van der Waals surface area contributed by atoms with Crippen molar-refractivity contribution in [2.75, 3.05) is 7.05 Å². The van der Waals surface area contributed by atoms with Crippen molar-refractivity contribution in [2.45, 2.75) is 6.54 Å². The fraction of sp³-hybridized carbons (Fsp3) is 0.250. The lowest BCUT2D eigenvalue weighted by atomic mass is 10.2. The van der Waals surface area contributed by atoms with Gasteiger partial charge in [0.1, 0.15) is 0 Å². The zero-order valence-corrected chi connectivity index (χ0v) is 8.54. The van der Waals surface area contributed by atoms with E-state index >= 15 is 0 Å². The standard InChI is InChI=1S/C8H12N2.2ClH/c1-9-10-7-8-5-3-2-4-6-8;;/h2-6,9-10H,7H2,1H3;2*1H. The molecule has 0 aliphatic rings. The van der Waals surface area contributed by atoms with E-state index in [1.54, 1.807) is 0 Å². The first-order chi connectivity index (χ1) is 4.93. The Bertz CT molecular complexity index is 180. The van der Waals surface area contributed by atoms with E-state index in [0.717, 1.165) is 6.54 Å². The molecule has 0 aromatic heterocycles. The summed E-state index contributed by atoms with van der Waals surface area (Å²) in [6.07, 6.45) is 0. The molecule has 0 amide bonds. The molecule has 1 aromatic carbocycles. The highest BCUT2D eigenvalue weighted by Crippen LogP contribution is 1.95. The summed E-state index contributed by atoms with van der Waals surface area (Å²) in [5.41, 5.74) is 7.17. The van der Waals surface area contributed by atoms with E-state index in [1.165, 1.54) is 5.56 Å². The predicted molar refractivity (Wildman–Crippen MR) is 56.8 cm³/mol. The molecule has 0 fully saturated rings. The van der Waals surface area contributed by atoms with Crippen LogP contribution in [0.5, 0.6) is 0 Å².